The Morgan fingerprint density at radius 2 is 1.74 bits per heavy atom. The van der Waals surface area contributed by atoms with Crippen molar-refractivity contribution in [2.24, 2.45) is 0 Å². The number of nitrogens with zero attached hydrogens (tertiary/aromatic N) is 3. The summed E-state index contributed by atoms with van der Waals surface area (Å²) in [6.07, 6.45) is 5.79. The molecule has 5 nitrogen and oxygen atoms in total. The van der Waals surface area contributed by atoms with E-state index >= 15 is 0 Å². The molecule has 4 aromatic rings. The fraction of sp³-hybridized carbons (Fsp3) is 0.200. The molecule has 1 fully saturated rings. The van der Waals surface area contributed by atoms with Crippen molar-refractivity contribution in [2.75, 3.05) is 13.1 Å². The molecule has 1 aliphatic heterocycles. The minimum absolute atomic E-state index is 0.254. The zero-order valence-corrected chi connectivity index (χ0v) is 16.9. The van der Waals surface area contributed by atoms with E-state index < -0.39 is 0 Å². The number of imidazole rings is 1. The van der Waals surface area contributed by atoms with Crippen LogP contribution in [-0.4, -0.2) is 33.5 Å². The summed E-state index contributed by atoms with van der Waals surface area (Å²) < 4.78 is 15.2. The molecule has 2 aromatic heterocycles. The molecule has 3 heterocycles. The number of hydroxylamine groups is 2. The maximum absolute atomic E-state index is 13.2. The summed E-state index contributed by atoms with van der Waals surface area (Å²) in [5.41, 5.74) is 4.37. The van der Waals surface area contributed by atoms with Gasteiger partial charge >= 0.3 is 5.97 Å². The van der Waals surface area contributed by atoms with Crippen molar-refractivity contribution in [1.82, 2.24) is 14.4 Å². The molecule has 6 heteroatoms. The van der Waals surface area contributed by atoms with Crippen LogP contribution in [-0.2, 0) is 4.84 Å². The molecule has 0 aliphatic carbocycles. The molecule has 0 spiro atoms. The molecule has 0 amide bonds. The Balaban J connectivity index is 1.25. The molecule has 0 saturated carbocycles. The highest BCUT2D eigenvalue weighted by atomic mass is 19.1. The first-order valence-corrected chi connectivity index (χ1v) is 10.4. The Morgan fingerprint density at radius 1 is 1.00 bits per heavy atom. The van der Waals surface area contributed by atoms with E-state index in [0.717, 1.165) is 29.7 Å². The molecule has 0 atom stereocenters. The average molecular weight is 415 g/mol. The van der Waals surface area contributed by atoms with Crippen LogP contribution in [0.25, 0.3) is 16.9 Å². The largest absolute Gasteiger partial charge is 0.364 e. The van der Waals surface area contributed by atoms with Crippen molar-refractivity contribution in [3.8, 4) is 11.3 Å². The Hall–Kier alpha value is -3.51. The molecule has 1 aliphatic rings. The predicted octanol–water partition coefficient (Wildman–Crippen LogP) is 5.09. The van der Waals surface area contributed by atoms with Gasteiger partial charge in [-0.15, -0.1) is 5.06 Å². The topological polar surface area (TPSA) is 46.8 Å². The monoisotopic (exact) mass is 415 g/mol. The molecular weight excluding hydrogens is 393 g/mol. The summed E-state index contributed by atoms with van der Waals surface area (Å²) in [5, 5.41) is 1.76. The first-order valence-electron chi connectivity index (χ1n) is 10.4. The van der Waals surface area contributed by atoms with Gasteiger partial charge in [0, 0.05) is 31.0 Å². The lowest BCUT2D eigenvalue weighted by Crippen LogP contribution is -2.35. The molecule has 31 heavy (non-hydrogen) atoms. The first-order chi connectivity index (χ1) is 15.2. The summed E-state index contributed by atoms with van der Waals surface area (Å²) >= 11 is 0. The lowest BCUT2D eigenvalue weighted by molar-refractivity contribution is -0.121. The molecule has 0 N–H and O–H groups in total. The Kier molecular flexibility index (Phi) is 5.22. The minimum Gasteiger partial charge on any atom is -0.364 e. The van der Waals surface area contributed by atoms with Crippen LogP contribution >= 0.6 is 0 Å². The van der Waals surface area contributed by atoms with E-state index in [-0.39, 0.29) is 11.8 Å². The number of aromatic nitrogens is 2. The van der Waals surface area contributed by atoms with Gasteiger partial charge in [0.05, 0.1) is 11.3 Å². The van der Waals surface area contributed by atoms with Gasteiger partial charge in [0.1, 0.15) is 11.5 Å². The van der Waals surface area contributed by atoms with Gasteiger partial charge in [-0.1, -0.05) is 18.2 Å². The minimum atomic E-state index is -0.314. The number of carbonyl (C=O) groups excluding carboxylic acids is 1. The Bertz CT molecular complexity index is 1200. The average Bonchev–Trinajstić information content (AvgIpc) is 3.24. The highest BCUT2D eigenvalue weighted by Gasteiger charge is 2.24. The molecule has 5 rings (SSSR count). The van der Waals surface area contributed by atoms with Crippen molar-refractivity contribution in [2.45, 2.75) is 18.8 Å². The molecule has 2 aromatic carbocycles. The second kappa shape index (κ2) is 8.32. The first kappa shape index (κ1) is 19.5. The van der Waals surface area contributed by atoms with Crippen LogP contribution in [0.5, 0.6) is 0 Å². The van der Waals surface area contributed by atoms with Crippen molar-refractivity contribution < 1.29 is 14.0 Å². The molecule has 0 radical (unpaired) electrons. The second-order valence-corrected chi connectivity index (χ2v) is 7.81. The van der Waals surface area contributed by atoms with Gasteiger partial charge < -0.3 is 9.24 Å². The van der Waals surface area contributed by atoms with Crippen LogP contribution in [0.2, 0.25) is 0 Å². The number of hydrogen-bond donors (Lipinski definition) is 0. The van der Waals surface area contributed by atoms with E-state index in [0.29, 0.717) is 24.6 Å². The fourth-order valence-electron chi connectivity index (χ4n) is 4.04. The van der Waals surface area contributed by atoms with E-state index in [4.69, 9.17) is 9.82 Å². The van der Waals surface area contributed by atoms with Crippen LogP contribution in [0.4, 0.5) is 4.39 Å². The van der Waals surface area contributed by atoms with Gasteiger partial charge in [0.15, 0.2) is 0 Å². The van der Waals surface area contributed by atoms with Gasteiger partial charge in [-0.3, -0.25) is 0 Å². The molecule has 0 unspecified atom stereocenters. The second-order valence-electron chi connectivity index (χ2n) is 7.81. The molecule has 1 saturated heterocycles. The van der Waals surface area contributed by atoms with Crippen LogP contribution < -0.4 is 0 Å². The number of piperidine rings is 1. The van der Waals surface area contributed by atoms with E-state index in [9.17, 15) is 9.18 Å². The maximum atomic E-state index is 13.2. The summed E-state index contributed by atoms with van der Waals surface area (Å²) in [4.78, 5) is 22.5. The summed E-state index contributed by atoms with van der Waals surface area (Å²) in [6.45, 7) is 1.40. The fourth-order valence-corrected chi connectivity index (χ4v) is 4.04. The zero-order chi connectivity index (χ0) is 21.2. The van der Waals surface area contributed by atoms with E-state index in [1.807, 2.05) is 35.0 Å². The van der Waals surface area contributed by atoms with Gasteiger partial charge in [0.25, 0.3) is 0 Å². The molecule has 0 bridgehead atoms. The third-order valence-electron chi connectivity index (χ3n) is 5.77. The van der Waals surface area contributed by atoms with Gasteiger partial charge in [-0.05, 0) is 72.9 Å². The SMILES string of the molecule is O=C(ON1CCC(c2ccn3cc(-c4ccc(F)cc4)nc3c2)CC1)c1ccccc1. The zero-order valence-electron chi connectivity index (χ0n) is 16.9. The number of hydrogen-bond acceptors (Lipinski definition) is 4. The normalized spacial score (nSPS) is 15.3. The van der Waals surface area contributed by atoms with Crippen molar-refractivity contribution >= 4 is 11.6 Å². The van der Waals surface area contributed by atoms with Crippen LogP contribution in [0.1, 0.15) is 34.7 Å². The summed E-state index contributed by atoms with van der Waals surface area (Å²) in [7, 11) is 0. The van der Waals surface area contributed by atoms with E-state index in [1.54, 1.807) is 29.3 Å². The quantitative estimate of drug-likeness (QED) is 0.466. The third kappa shape index (κ3) is 4.20. The predicted molar refractivity (Wildman–Crippen MR) is 116 cm³/mol. The van der Waals surface area contributed by atoms with Crippen molar-refractivity contribution in [1.29, 1.82) is 0 Å². The van der Waals surface area contributed by atoms with Gasteiger partial charge in [-0.25, -0.2) is 14.2 Å². The number of pyridine rings is 1. The number of rotatable bonds is 4. The lowest BCUT2D eigenvalue weighted by Gasteiger charge is -2.30. The summed E-state index contributed by atoms with van der Waals surface area (Å²) in [6, 6.07) is 19.7. The van der Waals surface area contributed by atoms with E-state index in [2.05, 4.69) is 12.1 Å². The third-order valence-corrected chi connectivity index (χ3v) is 5.77. The van der Waals surface area contributed by atoms with E-state index in [1.165, 1.54) is 17.7 Å². The van der Waals surface area contributed by atoms with Crippen LogP contribution in [0.3, 0.4) is 0 Å². The Labute approximate surface area is 179 Å². The number of benzene rings is 2. The van der Waals surface area contributed by atoms with Crippen molar-refractivity contribution in [3.63, 3.8) is 0 Å². The highest BCUT2D eigenvalue weighted by molar-refractivity contribution is 5.89. The standard InChI is InChI=1S/C25H22FN3O2/c26-22-8-6-19(7-9-22)23-17-28-13-10-21(16-24(28)27-23)18-11-14-29(15-12-18)31-25(30)20-4-2-1-3-5-20/h1-10,13,16-18H,11-12,14-15H2. The van der Waals surface area contributed by atoms with Gasteiger partial charge in [0.2, 0.25) is 0 Å². The highest BCUT2D eigenvalue weighted by Crippen LogP contribution is 2.30. The van der Waals surface area contributed by atoms with Gasteiger partial charge in [-0.2, -0.15) is 0 Å². The Morgan fingerprint density at radius 3 is 2.48 bits per heavy atom. The number of carbonyl (C=O) groups is 1. The van der Waals surface area contributed by atoms with Crippen LogP contribution in [0.15, 0.2) is 79.1 Å². The van der Waals surface area contributed by atoms with Crippen molar-refractivity contribution in [3.05, 3.63) is 96.1 Å². The van der Waals surface area contributed by atoms with Crippen LogP contribution in [0, 0.1) is 5.82 Å². The maximum Gasteiger partial charge on any atom is 0.357 e. The number of fused-ring (bicyclic) bond motifs is 1. The number of halogens is 1. The molecular formula is C25H22FN3O2. The summed E-state index contributed by atoms with van der Waals surface area (Å²) in [5.74, 6) is -0.176. The molecule has 156 valence electrons. The lowest BCUT2D eigenvalue weighted by atomic mass is 9.91. The smallest absolute Gasteiger partial charge is 0.357 e.